The second-order valence-electron chi connectivity index (χ2n) is 8.22. The molecule has 1 aliphatic carbocycles. The molecule has 32 heavy (non-hydrogen) atoms. The predicted molar refractivity (Wildman–Crippen MR) is 121 cm³/mol. The molecule has 3 aromatic rings. The van der Waals surface area contributed by atoms with Gasteiger partial charge in [-0.05, 0) is 42.5 Å². The standard InChI is InChI=1S/C22H26N5O4P/c1-32(30,31)17-10-5-9-16(13-17)19(15-7-3-2-4-8-15)25-20(28)18-14-23-22(26-21(18)29)27-12-6-11-24-27/h5-6,9-15,19H,2-4,7-8H2,1H3,(H,25,28)(H,30,31)(H,23,26,29)/t19-/m1/s1. The van der Waals surface area contributed by atoms with Gasteiger partial charge in [0.2, 0.25) is 13.3 Å². The van der Waals surface area contributed by atoms with Crippen molar-refractivity contribution in [1.29, 1.82) is 0 Å². The monoisotopic (exact) mass is 455 g/mol. The maximum absolute atomic E-state index is 13.1. The normalized spacial score (nSPS) is 17.4. The zero-order valence-corrected chi connectivity index (χ0v) is 18.7. The Bertz CT molecular complexity index is 1200. The number of hydrogen-bond donors (Lipinski definition) is 3. The molecular weight excluding hydrogens is 429 g/mol. The first-order valence-electron chi connectivity index (χ1n) is 10.6. The summed E-state index contributed by atoms with van der Waals surface area (Å²) in [6, 6.07) is 8.20. The molecule has 1 unspecified atom stereocenters. The first-order chi connectivity index (χ1) is 15.3. The van der Waals surface area contributed by atoms with Crippen LogP contribution in [0.5, 0.6) is 0 Å². The fourth-order valence-corrected chi connectivity index (χ4v) is 4.95. The first-order valence-corrected chi connectivity index (χ1v) is 12.7. The molecule has 4 rings (SSSR count). The highest BCUT2D eigenvalue weighted by Crippen LogP contribution is 2.37. The van der Waals surface area contributed by atoms with Crippen LogP contribution in [0, 0.1) is 5.92 Å². The Hall–Kier alpha value is -3.03. The summed E-state index contributed by atoms with van der Waals surface area (Å²) in [5, 5.41) is 7.36. The molecular formula is C22H26N5O4P. The van der Waals surface area contributed by atoms with E-state index in [0.717, 1.165) is 37.7 Å². The maximum atomic E-state index is 13.1. The van der Waals surface area contributed by atoms with Crippen molar-refractivity contribution in [2.24, 2.45) is 5.92 Å². The summed E-state index contributed by atoms with van der Waals surface area (Å²) < 4.78 is 13.6. The fourth-order valence-electron chi connectivity index (χ4n) is 4.19. The van der Waals surface area contributed by atoms with E-state index >= 15 is 0 Å². The third kappa shape index (κ3) is 4.89. The van der Waals surface area contributed by atoms with E-state index in [2.05, 4.69) is 20.4 Å². The number of nitrogens with one attached hydrogen (secondary N) is 2. The number of aromatic nitrogens is 4. The number of aromatic amines is 1. The van der Waals surface area contributed by atoms with Gasteiger partial charge in [-0.25, -0.2) is 9.67 Å². The molecule has 2 atom stereocenters. The minimum absolute atomic E-state index is 0.0961. The molecule has 1 saturated carbocycles. The lowest BCUT2D eigenvalue weighted by Crippen LogP contribution is -2.37. The molecule has 9 nitrogen and oxygen atoms in total. The Morgan fingerprint density at radius 2 is 2.06 bits per heavy atom. The Kier molecular flexibility index (Phi) is 6.39. The summed E-state index contributed by atoms with van der Waals surface area (Å²) in [6.07, 6.45) is 9.58. The zero-order chi connectivity index (χ0) is 22.7. The van der Waals surface area contributed by atoms with Gasteiger partial charge < -0.3 is 10.2 Å². The minimum atomic E-state index is -3.44. The van der Waals surface area contributed by atoms with Gasteiger partial charge >= 0.3 is 0 Å². The number of amides is 1. The third-order valence-corrected chi connectivity index (χ3v) is 7.10. The average Bonchev–Trinajstić information content (AvgIpc) is 3.32. The molecule has 2 aromatic heterocycles. The van der Waals surface area contributed by atoms with E-state index in [-0.39, 0.29) is 23.5 Å². The van der Waals surface area contributed by atoms with Gasteiger partial charge in [0.15, 0.2) is 0 Å². The molecule has 0 aliphatic heterocycles. The molecule has 1 aliphatic rings. The van der Waals surface area contributed by atoms with Crippen molar-refractivity contribution in [1.82, 2.24) is 25.1 Å². The van der Waals surface area contributed by atoms with Crippen LogP contribution < -0.4 is 16.2 Å². The second kappa shape index (κ2) is 9.22. The van der Waals surface area contributed by atoms with Gasteiger partial charge in [-0.15, -0.1) is 0 Å². The minimum Gasteiger partial charge on any atom is -0.345 e. The number of nitrogens with zero attached hydrogens (tertiary/aromatic N) is 3. The van der Waals surface area contributed by atoms with Gasteiger partial charge in [0.05, 0.1) is 6.04 Å². The van der Waals surface area contributed by atoms with Crippen molar-refractivity contribution in [3.63, 3.8) is 0 Å². The summed E-state index contributed by atoms with van der Waals surface area (Å²) in [5.41, 5.74) is 0.102. The van der Waals surface area contributed by atoms with E-state index in [9.17, 15) is 19.0 Å². The average molecular weight is 455 g/mol. The fraction of sp³-hybridized carbons (Fsp3) is 0.364. The third-order valence-electron chi connectivity index (χ3n) is 5.87. The SMILES string of the molecule is CP(=O)(O)c1cccc([C@H](NC(=O)c2cnc(-n3cccn3)[nH]c2=O)C2CCCCC2)c1. The lowest BCUT2D eigenvalue weighted by molar-refractivity contribution is 0.0910. The van der Waals surface area contributed by atoms with Crippen LogP contribution in [0.2, 0.25) is 0 Å². The van der Waals surface area contributed by atoms with Crippen molar-refractivity contribution in [2.45, 2.75) is 38.1 Å². The maximum Gasteiger partial charge on any atom is 0.265 e. The van der Waals surface area contributed by atoms with Crippen molar-refractivity contribution in [3.8, 4) is 5.95 Å². The van der Waals surface area contributed by atoms with Crippen LogP contribution in [0.25, 0.3) is 5.95 Å². The van der Waals surface area contributed by atoms with Crippen LogP contribution >= 0.6 is 7.37 Å². The zero-order valence-electron chi connectivity index (χ0n) is 17.8. The second-order valence-corrected chi connectivity index (χ2v) is 10.5. The molecule has 0 spiro atoms. The largest absolute Gasteiger partial charge is 0.345 e. The van der Waals surface area contributed by atoms with E-state index in [1.165, 1.54) is 17.5 Å². The Balaban J connectivity index is 1.63. The van der Waals surface area contributed by atoms with Gasteiger partial charge in [0, 0.05) is 30.6 Å². The summed E-state index contributed by atoms with van der Waals surface area (Å²) in [7, 11) is -3.44. The number of carbonyl (C=O) groups is 1. The summed E-state index contributed by atoms with van der Waals surface area (Å²) >= 11 is 0. The van der Waals surface area contributed by atoms with Crippen LogP contribution in [-0.4, -0.2) is 37.2 Å². The van der Waals surface area contributed by atoms with Gasteiger partial charge in [-0.1, -0.05) is 31.4 Å². The Morgan fingerprint density at radius 1 is 1.28 bits per heavy atom. The van der Waals surface area contributed by atoms with Gasteiger partial charge in [-0.2, -0.15) is 5.10 Å². The highest BCUT2D eigenvalue weighted by Gasteiger charge is 2.29. The molecule has 1 amide bonds. The van der Waals surface area contributed by atoms with Crippen molar-refractivity contribution in [3.05, 3.63) is 70.4 Å². The summed E-state index contributed by atoms with van der Waals surface area (Å²) in [4.78, 5) is 42.4. The van der Waals surface area contributed by atoms with E-state index in [1.54, 1.807) is 36.7 Å². The Morgan fingerprint density at radius 3 is 2.72 bits per heavy atom. The molecule has 1 aromatic carbocycles. The van der Waals surface area contributed by atoms with E-state index < -0.39 is 18.8 Å². The van der Waals surface area contributed by atoms with Gasteiger partial charge in [0.1, 0.15) is 5.56 Å². The van der Waals surface area contributed by atoms with E-state index in [0.29, 0.717) is 5.30 Å². The van der Waals surface area contributed by atoms with E-state index in [1.807, 2.05) is 6.07 Å². The van der Waals surface area contributed by atoms with Crippen molar-refractivity contribution < 1.29 is 14.3 Å². The van der Waals surface area contributed by atoms with Crippen molar-refractivity contribution >= 4 is 18.6 Å². The molecule has 10 heteroatoms. The number of carbonyl (C=O) groups excluding carboxylic acids is 1. The lowest BCUT2D eigenvalue weighted by Gasteiger charge is -2.31. The molecule has 3 N–H and O–H groups in total. The van der Waals surface area contributed by atoms with Crippen LogP contribution in [0.3, 0.4) is 0 Å². The molecule has 168 valence electrons. The van der Waals surface area contributed by atoms with Gasteiger partial charge in [0.25, 0.3) is 11.5 Å². The highest BCUT2D eigenvalue weighted by molar-refractivity contribution is 7.65. The quantitative estimate of drug-likeness (QED) is 0.490. The number of rotatable bonds is 6. The predicted octanol–water partition coefficient (Wildman–Crippen LogP) is 2.53. The van der Waals surface area contributed by atoms with E-state index in [4.69, 9.17) is 0 Å². The molecule has 0 saturated heterocycles. The van der Waals surface area contributed by atoms with Crippen LogP contribution in [0.1, 0.15) is 54.1 Å². The number of H-pyrrole nitrogens is 1. The topological polar surface area (TPSA) is 130 Å². The van der Waals surface area contributed by atoms with Crippen LogP contribution in [0.15, 0.2) is 53.7 Å². The molecule has 1 fully saturated rings. The smallest absolute Gasteiger partial charge is 0.265 e. The molecule has 0 radical (unpaired) electrons. The van der Waals surface area contributed by atoms with Crippen LogP contribution in [0.4, 0.5) is 0 Å². The Labute approximate surface area is 185 Å². The van der Waals surface area contributed by atoms with Crippen molar-refractivity contribution in [2.75, 3.05) is 6.66 Å². The number of hydrogen-bond acceptors (Lipinski definition) is 5. The lowest BCUT2D eigenvalue weighted by atomic mass is 9.81. The highest BCUT2D eigenvalue weighted by atomic mass is 31.2. The first kappa shape index (κ1) is 22.2. The molecule has 0 bridgehead atoms. The summed E-state index contributed by atoms with van der Waals surface area (Å²) in [6.45, 7) is 1.30. The van der Waals surface area contributed by atoms with Gasteiger partial charge in [-0.3, -0.25) is 19.1 Å². The van der Waals surface area contributed by atoms with Crippen LogP contribution in [-0.2, 0) is 4.57 Å². The summed E-state index contributed by atoms with van der Waals surface area (Å²) in [5.74, 6) is -0.140. The molecule has 2 heterocycles. The number of benzene rings is 1.